The van der Waals surface area contributed by atoms with Gasteiger partial charge in [0, 0.05) is 18.7 Å². The van der Waals surface area contributed by atoms with Crippen molar-refractivity contribution in [1.82, 2.24) is 4.90 Å². The third kappa shape index (κ3) is 2.58. The molecule has 1 heterocycles. The second-order valence-electron chi connectivity index (χ2n) is 4.42. The quantitative estimate of drug-likeness (QED) is 0.703. The largest absolute Gasteiger partial charge is 0.306 e. The van der Waals surface area contributed by atoms with Gasteiger partial charge in [0.1, 0.15) is 0 Å². The van der Waals surface area contributed by atoms with Gasteiger partial charge in [-0.05, 0) is 25.7 Å². The zero-order valence-electron chi connectivity index (χ0n) is 9.88. The number of hydrogen-bond donors (Lipinski definition) is 0. The molecule has 0 aromatic rings. The lowest BCUT2D eigenvalue weighted by Gasteiger charge is -2.24. The number of aliphatic imine (C=N–C) groups is 1. The Balaban J connectivity index is 2.06. The molecule has 0 bridgehead atoms. The topological polar surface area (TPSA) is 15.6 Å². The predicted molar refractivity (Wildman–Crippen MR) is 69.8 cm³/mol. The Morgan fingerprint density at radius 3 is 2.94 bits per heavy atom. The lowest BCUT2D eigenvalue weighted by molar-refractivity contribution is 0.456. The first-order valence-corrected chi connectivity index (χ1v) is 5.67. The van der Waals surface area contributed by atoms with E-state index in [1.807, 2.05) is 6.21 Å². The lowest BCUT2D eigenvalue weighted by atomic mass is 9.86. The zero-order chi connectivity index (χ0) is 11.4. The van der Waals surface area contributed by atoms with Gasteiger partial charge < -0.3 is 4.90 Å². The van der Waals surface area contributed by atoms with Crippen LogP contribution in [0.25, 0.3) is 0 Å². The van der Waals surface area contributed by atoms with Gasteiger partial charge in [-0.1, -0.05) is 36.5 Å². The minimum Gasteiger partial charge on any atom is -0.306 e. The van der Waals surface area contributed by atoms with E-state index < -0.39 is 0 Å². The first-order valence-electron chi connectivity index (χ1n) is 5.67. The maximum Gasteiger partial charge on any atom is 0.0786 e. The molecule has 0 N–H and O–H groups in total. The van der Waals surface area contributed by atoms with Crippen molar-refractivity contribution in [2.45, 2.75) is 6.04 Å². The van der Waals surface area contributed by atoms with Crippen molar-refractivity contribution >= 4 is 6.21 Å². The van der Waals surface area contributed by atoms with Crippen molar-refractivity contribution in [3.05, 3.63) is 48.1 Å². The molecule has 2 unspecified atom stereocenters. The number of hydrogen-bond acceptors (Lipinski definition) is 2. The van der Waals surface area contributed by atoms with Crippen LogP contribution in [0.15, 0.2) is 53.1 Å². The van der Waals surface area contributed by atoms with Crippen LogP contribution in [0, 0.1) is 5.92 Å². The molecule has 1 aliphatic carbocycles. The number of fused-ring (bicyclic) bond motifs is 1. The molecule has 2 rings (SSSR count). The molecule has 2 nitrogen and oxygen atoms in total. The smallest absolute Gasteiger partial charge is 0.0786 e. The summed E-state index contributed by atoms with van der Waals surface area (Å²) in [5.41, 5.74) is 1.35. The van der Waals surface area contributed by atoms with Crippen LogP contribution in [-0.2, 0) is 0 Å². The summed E-state index contributed by atoms with van der Waals surface area (Å²) in [7, 11) is 4.15. The molecular weight excluding hydrogens is 196 g/mol. The summed E-state index contributed by atoms with van der Waals surface area (Å²) in [6.45, 7) is 0.978. The van der Waals surface area contributed by atoms with Gasteiger partial charge in [-0.15, -0.1) is 0 Å². The SMILES string of the molecule is CN(C)C/C=C/C1=CC=NC2C=CC=CC12. The standard InChI is InChI=1S/C14H18N2/c1-16(2)11-5-6-12-9-10-15-14-8-4-3-7-13(12)14/h3-10,13-14H,11H2,1-2H3/b6-5+. The molecule has 0 spiro atoms. The van der Waals surface area contributed by atoms with Crippen LogP contribution in [0.2, 0.25) is 0 Å². The van der Waals surface area contributed by atoms with Crippen LogP contribution in [0.5, 0.6) is 0 Å². The second kappa shape index (κ2) is 5.08. The van der Waals surface area contributed by atoms with Crippen LogP contribution in [-0.4, -0.2) is 37.8 Å². The van der Waals surface area contributed by atoms with E-state index in [2.05, 4.69) is 66.5 Å². The summed E-state index contributed by atoms with van der Waals surface area (Å²) in [6.07, 6.45) is 17.0. The number of rotatable bonds is 3. The van der Waals surface area contributed by atoms with Crippen LogP contribution >= 0.6 is 0 Å². The Morgan fingerprint density at radius 2 is 2.12 bits per heavy atom. The van der Waals surface area contributed by atoms with E-state index >= 15 is 0 Å². The lowest BCUT2D eigenvalue weighted by Crippen LogP contribution is -2.21. The average molecular weight is 214 g/mol. The van der Waals surface area contributed by atoms with Crippen molar-refractivity contribution in [3.8, 4) is 0 Å². The Labute approximate surface area is 97.4 Å². The van der Waals surface area contributed by atoms with E-state index in [4.69, 9.17) is 0 Å². The van der Waals surface area contributed by atoms with Gasteiger partial charge in [-0.2, -0.15) is 0 Å². The van der Waals surface area contributed by atoms with Gasteiger partial charge in [0.25, 0.3) is 0 Å². The summed E-state index contributed by atoms with van der Waals surface area (Å²) in [6, 6.07) is 0.300. The molecule has 0 saturated carbocycles. The fraction of sp³-hybridized carbons (Fsp3) is 0.357. The summed E-state index contributed by atoms with van der Waals surface area (Å²) in [4.78, 5) is 6.62. The Bertz CT molecular complexity index is 384. The van der Waals surface area contributed by atoms with Crippen molar-refractivity contribution in [2.75, 3.05) is 20.6 Å². The Hall–Kier alpha value is -1.41. The average Bonchev–Trinajstić information content (AvgIpc) is 2.29. The van der Waals surface area contributed by atoms with Crippen molar-refractivity contribution < 1.29 is 0 Å². The summed E-state index contributed by atoms with van der Waals surface area (Å²) in [5.74, 6) is 0.424. The minimum atomic E-state index is 0.300. The summed E-state index contributed by atoms with van der Waals surface area (Å²) < 4.78 is 0. The number of dihydropyridines is 1. The molecule has 0 radical (unpaired) electrons. The van der Waals surface area contributed by atoms with E-state index in [0.717, 1.165) is 6.54 Å². The van der Waals surface area contributed by atoms with Crippen LogP contribution in [0.1, 0.15) is 0 Å². The van der Waals surface area contributed by atoms with Crippen molar-refractivity contribution in [2.24, 2.45) is 10.9 Å². The maximum atomic E-state index is 4.46. The highest BCUT2D eigenvalue weighted by Crippen LogP contribution is 2.26. The Morgan fingerprint density at radius 1 is 1.31 bits per heavy atom. The van der Waals surface area contributed by atoms with Gasteiger partial charge in [0.05, 0.1) is 6.04 Å². The first kappa shape index (κ1) is 11.1. The van der Waals surface area contributed by atoms with Gasteiger partial charge >= 0.3 is 0 Å². The molecule has 0 aromatic carbocycles. The van der Waals surface area contributed by atoms with Crippen LogP contribution < -0.4 is 0 Å². The molecule has 2 aliphatic rings. The van der Waals surface area contributed by atoms with Gasteiger partial charge in [-0.3, -0.25) is 4.99 Å². The molecule has 0 amide bonds. The highest BCUT2D eigenvalue weighted by Gasteiger charge is 2.21. The van der Waals surface area contributed by atoms with E-state index in [0.29, 0.717) is 12.0 Å². The van der Waals surface area contributed by atoms with Crippen LogP contribution in [0.4, 0.5) is 0 Å². The normalized spacial score (nSPS) is 27.6. The molecule has 84 valence electrons. The van der Waals surface area contributed by atoms with Crippen LogP contribution in [0.3, 0.4) is 0 Å². The Kier molecular flexibility index (Phi) is 3.52. The number of allylic oxidation sites excluding steroid dienone is 4. The highest BCUT2D eigenvalue weighted by atomic mass is 15.0. The fourth-order valence-corrected chi connectivity index (χ4v) is 1.95. The molecular formula is C14H18N2. The van der Waals surface area contributed by atoms with Gasteiger partial charge in [-0.25, -0.2) is 0 Å². The van der Waals surface area contributed by atoms with E-state index in [9.17, 15) is 0 Å². The second-order valence-corrected chi connectivity index (χ2v) is 4.42. The maximum absolute atomic E-state index is 4.46. The van der Waals surface area contributed by atoms with Gasteiger partial charge in [0.15, 0.2) is 0 Å². The van der Waals surface area contributed by atoms with E-state index in [1.165, 1.54) is 5.57 Å². The zero-order valence-corrected chi connectivity index (χ0v) is 9.88. The molecule has 2 heteroatoms. The van der Waals surface area contributed by atoms with Gasteiger partial charge in [0.2, 0.25) is 0 Å². The van der Waals surface area contributed by atoms with E-state index in [1.54, 1.807) is 0 Å². The third-order valence-corrected chi connectivity index (χ3v) is 2.80. The number of nitrogens with zero attached hydrogens (tertiary/aromatic N) is 2. The molecule has 1 aliphatic heterocycles. The molecule has 0 fully saturated rings. The third-order valence-electron chi connectivity index (χ3n) is 2.80. The molecule has 2 atom stereocenters. The summed E-state index contributed by atoms with van der Waals surface area (Å²) in [5, 5.41) is 0. The monoisotopic (exact) mass is 214 g/mol. The predicted octanol–water partition coefficient (Wildman–Crippen LogP) is 2.23. The fourth-order valence-electron chi connectivity index (χ4n) is 1.95. The minimum absolute atomic E-state index is 0.300. The number of likely N-dealkylation sites (N-methyl/N-ethyl adjacent to an activating group) is 1. The summed E-state index contributed by atoms with van der Waals surface area (Å²) >= 11 is 0. The van der Waals surface area contributed by atoms with Crippen molar-refractivity contribution in [1.29, 1.82) is 0 Å². The van der Waals surface area contributed by atoms with Crippen molar-refractivity contribution in [3.63, 3.8) is 0 Å². The molecule has 0 saturated heterocycles. The molecule has 0 aromatic heterocycles. The van der Waals surface area contributed by atoms with E-state index in [-0.39, 0.29) is 0 Å². The molecule has 16 heavy (non-hydrogen) atoms. The highest BCUT2D eigenvalue weighted by molar-refractivity contribution is 5.75. The first-order chi connectivity index (χ1) is 7.77.